The summed E-state index contributed by atoms with van der Waals surface area (Å²) in [7, 11) is 1.44. The Bertz CT molecular complexity index is 431. The molecule has 6 heteroatoms. The molecular formula is C12H18BrN3O2. The lowest BCUT2D eigenvalue weighted by Gasteiger charge is -2.31. The maximum absolute atomic E-state index is 12.2. The number of ether oxygens (including phenoxy) is 1. The van der Waals surface area contributed by atoms with Crippen molar-refractivity contribution >= 4 is 21.9 Å². The van der Waals surface area contributed by atoms with Gasteiger partial charge in [0, 0.05) is 6.20 Å². The molecule has 1 aromatic rings. The molecule has 1 saturated carbocycles. The second kappa shape index (κ2) is 5.40. The quantitative estimate of drug-likeness (QED) is 0.810. The third-order valence-electron chi connectivity index (χ3n) is 3.33. The molecule has 1 heterocycles. The van der Waals surface area contributed by atoms with Crippen LogP contribution in [0.2, 0.25) is 0 Å². The summed E-state index contributed by atoms with van der Waals surface area (Å²) in [4.78, 5) is 12.2. The van der Waals surface area contributed by atoms with Crippen molar-refractivity contribution in [2.75, 3.05) is 13.7 Å². The van der Waals surface area contributed by atoms with E-state index in [0.717, 1.165) is 23.9 Å². The number of nitrogens with zero attached hydrogens (tertiary/aromatic N) is 2. The first-order chi connectivity index (χ1) is 8.62. The number of esters is 1. The van der Waals surface area contributed by atoms with Crippen molar-refractivity contribution in [3.8, 4) is 0 Å². The molecule has 2 rings (SSSR count). The molecular weight excluding hydrogens is 298 g/mol. The van der Waals surface area contributed by atoms with Gasteiger partial charge in [-0.2, -0.15) is 5.10 Å². The van der Waals surface area contributed by atoms with E-state index in [-0.39, 0.29) is 5.97 Å². The number of halogens is 1. The van der Waals surface area contributed by atoms with E-state index in [2.05, 4.69) is 26.3 Å². The summed E-state index contributed by atoms with van der Waals surface area (Å²) < 4.78 is 7.68. The van der Waals surface area contributed by atoms with Crippen LogP contribution in [0, 0.1) is 5.92 Å². The number of hydrogen-bond donors (Lipinski definition) is 1. The summed E-state index contributed by atoms with van der Waals surface area (Å²) in [6.45, 7) is 3.23. The predicted octanol–water partition coefficient (Wildman–Crippen LogP) is 1.58. The summed E-state index contributed by atoms with van der Waals surface area (Å²) in [5, 5.41) is 7.55. The van der Waals surface area contributed by atoms with Crippen molar-refractivity contribution in [1.29, 1.82) is 0 Å². The van der Waals surface area contributed by atoms with Crippen molar-refractivity contribution < 1.29 is 9.53 Å². The Balaban J connectivity index is 2.24. The third-order valence-corrected chi connectivity index (χ3v) is 3.74. The lowest BCUT2D eigenvalue weighted by molar-refractivity contribution is -0.150. The number of methoxy groups -OCH3 is 1. The largest absolute Gasteiger partial charge is 0.468 e. The van der Waals surface area contributed by atoms with Crippen LogP contribution in [0.25, 0.3) is 0 Å². The highest BCUT2D eigenvalue weighted by molar-refractivity contribution is 9.10. The zero-order valence-electron chi connectivity index (χ0n) is 10.6. The van der Waals surface area contributed by atoms with Gasteiger partial charge in [0.2, 0.25) is 0 Å². The molecule has 1 atom stereocenters. The number of hydrogen-bond acceptors (Lipinski definition) is 4. The standard InChI is InChI=1S/C12H18BrN3O2/c1-3-14-12(9-4-5-9,11(17)18-2)8-16-7-10(13)6-15-16/h6-7,9,14H,3-5,8H2,1-2H3. The van der Waals surface area contributed by atoms with Gasteiger partial charge in [-0.15, -0.1) is 0 Å². The second-order valence-electron chi connectivity index (χ2n) is 4.62. The molecule has 5 nitrogen and oxygen atoms in total. The Morgan fingerprint density at radius 1 is 1.72 bits per heavy atom. The molecule has 1 unspecified atom stereocenters. The lowest BCUT2D eigenvalue weighted by Crippen LogP contribution is -2.57. The van der Waals surface area contributed by atoms with E-state index < -0.39 is 5.54 Å². The Kier molecular flexibility index (Phi) is 4.07. The van der Waals surface area contributed by atoms with Crippen molar-refractivity contribution in [2.24, 2.45) is 5.92 Å². The molecule has 0 spiro atoms. The molecule has 1 fully saturated rings. The van der Waals surface area contributed by atoms with Gasteiger partial charge in [0.15, 0.2) is 0 Å². The van der Waals surface area contributed by atoms with Gasteiger partial charge in [-0.05, 0) is 41.2 Å². The van der Waals surface area contributed by atoms with Gasteiger partial charge in [-0.1, -0.05) is 6.92 Å². The van der Waals surface area contributed by atoms with Crippen LogP contribution in [0.15, 0.2) is 16.9 Å². The maximum Gasteiger partial charge on any atom is 0.328 e. The monoisotopic (exact) mass is 315 g/mol. The first-order valence-corrected chi connectivity index (χ1v) is 6.93. The van der Waals surface area contributed by atoms with E-state index in [4.69, 9.17) is 4.74 Å². The van der Waals surface area contributed by atoms with Gasteiger partial charge < -0.3 is 10.1 Å². The fourth-order valence-corrected chi connectivity index (χ4v) is 2.71. The van der Waals surface area contributed by atoms with E-state index in [0.29, 0.717) is 12.5 Å². The van der Waals surface area contributed by atoms with Gasteiger partial charge in [0.25, 0.3) is 0 Å². The van der Waals surface area contributed by atoms with Crippen molar-refractivity contribution in [3.63, 3.8) is 0 Å². The van der Waals surface area contributed by atoms with Crippen molar-refractivity contribution in [3.05, 3.63) is 16.9 Å². The van der Waals surface area contributed by atoms with Crippen LogP contribution in [0.3, 0.4) is 0 Å². The number of carbonyl (C=O) groups is 1. The number of aromatic nitrogens is 2. The molecule has 1 N–H and O–H groups in total. The first kappa shape index (κ1) is 13.5. The zero-order valence-corrected chi connectivity index (χ0v) is 12.2. The van der Waals surface area contributed by atoms with E-state index in [1.807, 2.05) is 13.1 Å². The average Bonchev–Trinajstić information content (AvgIpc) is 3.13. The Labute approximate surface area is 115 Å². The van der Waals surface area contributed by atoms with E-state index >= 15 is 0 Å². The minimum Gasteiger partial charge on any atom is -0.468 e. The molecule has 0 aliphatic heterocycles. The molecule has 0 radical (unpaired) electrons. The van der Waals surface area contributed by atoms with Gasteiger partial charge in [0.1, 0.15) is 5.54 Å². The van der Waals surface area contributed by atoms with Gasteiger partial charge in [0.05, 0.1) is 24.3 Å². The van der Waals surface area contributed by atoms with Crippen LogP contribution < -0.4 is 5.32 Å². The second-order valence-corrected chi connectivity index (χ2v) is 5.54. The third kappa shape index (κ3) is 2.59. The predicted molar refractivity (Wildman–Crippen MR) is 71.1 cm³/mol. The van der Waals surface area contributed by atoms with Crippen LogP contribution in [-0.4, -0.2) is 34.9 Å². The van der Waals surface area contributed by atoms with E-state index in [1.165, 1.54) is 7.11 Å². The van der Waals surface area contributed by atoms with Crippen molar-refractivity contribution in [2.45, 2.75) is 31.8 Å². The summed E-state index contributed by atoms with van der Waals surface area (Å²) in [5.74, 6) is 0.145. The number of rotatable bonds is 6. The number of nitrogens with one attached hydrogen (secondary N) is 1. The van der Waals surface area contributed by atoms with Crippen molar-refractivity contribution in [1.82, 2.24) is 15.1 Å². The van der Waals surface area contributed by atoms with Crippen LogP contribution in [0.1, 0.15) is 19.8 Å². The molecule has 0 aromatic carbocycles. The van der Waals surface area contributed by atoms with Crippen LogP contribution >= 0.6 is 15.9 Å². The summed E-state index contributed by atoms with van der Waals surface area (Å²) in [6, 6.07) is 0. The fourth-order valence-electron chi connectivity index (χ4n) is 2.39. The molecule has 1 aromatic heterocycles. The highest BCUT2D eigenvalue weighted by Gasteiger charge is 2.51. The van der Waals surface area contributed by atoms with Gasteiger partial charge in [-0.3, -0.25) is 4.68 Å². The summed E-state index contributed by atoms with van der Waals surface area (Å²) in [5.41, 5.74) is -0.644. The molecule has 18 heavy (non-hydrogen) atoms. The van der Waals surface area contributed by atoms with Crippen LogP contribution in [0.5, 0.6) is 0 Å². The Morgan fingerprint density at radius 2 is 2.44 bits per heavy atom. The highest BCUT2D eigenvalue weighted by Crippen LogP contribution is 2.41. The number of carbonyl (C=O) groups excluding carboxylic acids is 1. The lowest BCUT2D eigenvalue weighted by atomic mass is 9.93. The topological polar surface area (TPSA) is 56.2 Å². The summed E-state index contributed by atoms with van der Waals surface area (Å²) in [6.07, 6.45) is 5.72. The SMILES string of the molecule is CCNC(Cn1cc(Br)cn1)(C(=O)OC)C1CC1. The zero-order chi connectivity index (χ0) is 13.2. The highest BCUT2D eigenvalue weighted by atomic mass is 79.9. The Morgan fingerprint density at radius 3 is 2.89 bits per heavy atom. The smallest absolute Gasteiger partial charge is 0.328 e. The summed E-state index contributed by atoms with van der Waals surface area (Å²) >= 11 is 3.37. The molecule has 1 aliphatic carbocycles. The molecule has 1 aliphatic rings. The van der Waals surface area contributed by atoms with Crippen LogP contribution in [0.4, 0.5) is 0 Å². The molecule has 100 valence electrons. The van der Waals surface area contributed by atoms with Crippen LogP contribution in [-0.2, 0) is 16.1 Å². The first-order valence-electron chi connectivity index (χ1n) is 6.13. The van der Waals surface area contributed by atoms with E-state index in [9.17, 15) is 4.79 Å². The van der Waals surface area contributed by atoms with Gasteiger partial charge in [-0.25, -0.2) is 4.79 Å². The number of likely N-dealkylation sites (N-methyl/N-ethyl adjacent to an activating group) is 1. The fraction of sp³-hybridized carbons (Fsp3) is 0.667. The molecule has 0 saturated heterocycles. The molecule has 0 amide bonds. The van der Waals surface area contributed by atoms with E-state index in [1.54, 1.807) is 10.9 Å². The normalized spacial score (nSPS) is 18.4. The minimum absolute atomic E-state index is 0.196. The maximum atomic E-state index is 12.2. The van der Waals surface area contributed by atoms with Gasteiger partial charge >= 0.3 is 5.97 Å². The minimum atomic E-state index is -0.644. The molecule has 0 bridgehead atoms. The average molecular weight is 316 g/mol. The Hall–Kier alpha value is -0.880.